The summed E-state index contributed by atoms with van der Waals surface area (Å²) in [5.74, 6) is 1.73. The third-order valence-electron chi connectivity index (χ3n) is 1.80. The number of hydrogen-bond acceptors (Lipinski definition) is 4. The van der Waals surface area contributed by atoms with Crippen molar-refractivity contribution in [2.24, 2.45) is 0 Å². The zero-order valence-corrected chi connectivity index (χ0v) is 10.4. The molecule has 1 aromatic rings. The molecule has 0 bridgehead atoms. The van der Waals surface area contributed by atoms with Gasteiger partial charge in [0, 0.05) is 0 Å². The Kier molecular flexibility index (Phi) is 4.29. The maximum absolute atomic E-state index is 8.64. The van der Waals surface area contributed by atoms with Gasteiger partial charge in [0.15, 0.2) is 0 Å². The van der Waals surface area contributed by atoms with E-state index in [0.717, 1.165) is 4.46 Å². The first-order valence-corrected chi connectivity index (χ1v) is 5.84. The molecule has 0 N–H and O–H groups in total. The summed E-state index contributed by atoms with van der Waals surface area (Å²) in [6.07, 6.45) is 0. The van der Waals surface area contributed by atoms with E-state index in [9.17, 15) is 0 Å². The summed E-state index contributed by atoms with van der Waals surface area (Å²) in [4.78, 5) is 2.13. The first kappa shape index (κ1) is 11.7. The summed E-state index contributed by atoms with van der Waals surface area (Å²) in [5, 5.41) is 8.64. The molecule has 0 aliphatic rings. The van der Waals surface area contributed by atoms with Gasteiger partial charge in [-0.1, -0.05) is 0 Å². The van der Waals surface area contributed by atoms with E-state index in [1.807, 2.05) is 0 Å². The van der Waals surface area contributed by atoms with E-state index >= 15 is 0 Å². The van der Waals surface area contributed by atoms with Crippen LogP contribution in [0.3, 0.4) is 0 Å². The predicted octanol–water partition coefficient (Wildman–Crippen LogP) is 0.523. The van der Waals surface area contributed by atoms with Gasteiger partial charge in [-0.2, -0.15) is 0 Å². The molecule has 80 valence electrons. The first-order valence-electron chi connectivity index (χ1n) is 4.12. The van der Waals surface area contributed by atoms with Gasteiger partial charge in [0.05, 0.1) is 0 Å². The molecule has 0 aliphatic heterocycles. The second-order valence-electron chi connectivity index (χ2n) is 2.55. The second kappa shape index (κ2) is 5.50. The van der Waals surface area contributed by atoms with Gasteiger partial charge in [0.25, 0.3) is 0 Å². The van der Waals surface area contributed by atoms with Crippen molar-refractivity contribution in [3.05, 3.63) is 12.1 Å². The molecule has 0 amide bonds. The zero-order valence-electron chi connectivity index (χ0n) is 8.73. The molecule has 0 radical (unpaired) electrons. The van der Waals surface area contributed by atoms with Gasteiger partial charge in [-0.05, 0) is 0 Å². The molecule has 1 aromatic carbocycles. The van der Waals surface area contributed by atoms with Gasteiger partial charge in [0.2, 0.25) is 0 Å². The summed E-state index contributed by atoms with van der Waals surface area (Å²) in [6.45, 7) is 0. The summed E-state index contributed by atoms with van der Waals surface area (Å²) in [7, 11) is 4.66. The molecule has 15 heavy (non-hydrogen) atoms. The maximum atomic E-state index is 8.64. The number of nitriles is 1. The van der Waals surface area contributed by atoms with Crippen LogP contribution in [-0.4, -0.2) is 36.3 Å². The van der Waals surface area contributed by atoms with Crippen LogP contribution in [0.1, 0.15) is 0 Å². The van der Waals surface area contributed by atoms with Crippen LogP contribution in [0.4, 0.5) is 0 Å². The first-order chi connectivity index (χ1) is 7.26. The quantitative estimate of drug-likeness (QED) is 0.750. The average Bonchev–Trinajstić information content (AvgIpc) is 2.28. The van der Waals surface area contributed by atoms with Crippen molar-refractivity contribution in [2.45, 2.75) is 0 Å². The van der Waals surface area contributed by atoms with Crippen molar-refractivity contribution >= 4 is 19.4 Å². The fourth-order valence-electron chi connectivity index (χ4n) is 1.17. The Balaban J connectivity index is 3.24. The fraction of sp³-hybridized carbons (Fsp3) is 0.300. The molecule has 0 heterocycles. The van der Waals surface area contributed by atoms with Gasteiger partial charge in [-0.3, -0.25) is 0 Å². The van der Waals surface area contributed by atoms with E-state index in [0.29, 0.717) is 17.2 Å². The van der Waals surface area contributed by atoms with Crippen LogP contribution in [0.25, 0.3) is 0 Å². The molecule has 5 heteroatoms. The van der Waals surface area contributed by atoms with E-state index in [1.165, 1.54) is 0 Å². The van der Waals surface area contributed by atoms with Crippen molar-refractivity contribution < 1.29 is 14.2 Å². The van der Waals surface area contributed by atoms with Crippen molar-refractivity contribution in [1.82, 2.24) is 0 Å². The minimum atomic E-state index is -0.229. The Morgan fingerprint density at radius 3 is 1.93 bits per heavy atom. The molecule has 1 rings (SSSR count). The SMILES string of the molecule is COc1cc([Se]C#N)cc(OC)c1OC. The van der Waals surface area contributed by atoms with Crippen molar-refractivity contribution in [3.63, 3.8) is 0 Å². The molecule has 0 aliphatic carbocycles. The topological polar surface area (TPSA) is 51.5 Å². The van der Waals surface area contributed by atoms with E-state index in [-0.39, 0.29) is 15.0 Å². The van der Waals surface area contributed by atoms with Crippen molar-refractivity contribution in [2.75, 3.05) is 21.3 Å². The number of rotatable bonds is 4. The number of benzene rings is 1. The van der Waals surface area contributed by atoms with E-state index < -0.39 is 0 Å². The fourth-order valence-corrected chi connectivity index (χ4v) is 2.09. The van der Waals surface area contributed by atoms with Gasteiger partial charge in [-0.15, -0.1) is 0 Å². The summed E-state index contributed by atoms with van der Waals surface area (Å²) >= 11 is -0.229. The second-order valence-corrected chi connectivity index (χ2v) is 4.35. The normalized spacial score (nSPS) is 9.20. The van der Waals surface area contributed by atoms with Gasteiger partial charge in [0.1, 0.15) is 0 Å². The predicted molar refractivity (Wildman–Crippen MR) is 57.1 cm³/mol. The van der Waals surface area contributed by atoms with Crippen LogP contribution in [0.15, 0.2) is 12.1 Å². The van der Waals surface area contributed by atoms with Crippen LogP contribution in [-0.2, 0) is 0 Å². The van der Waals surface area contributed by atoms with Gasteiger partial charge >= 0.3 is 94.6 Å². The van der Waals surface area contributed by atoms with Crippen LogP contribution < -0.4 is 18.7 Å². The molecular formula is C10H11NO3Se. The number of nitrogens with zero attached hydrogens (tertiary/aromatic N) is 1. The number of ether oxygens (including phenoxy) is 3. The number of methoxy groups -OCH3 is 3. The third kappa shape index (κ3) is 2.56. The van der Waals surface area contributed by atoms with Crippen molar-refractivity contribution in [1.29, 1.82) is 5.26 Å². The average molecular weight is 272 g/mol. The molecular weight excluding hydrogens is 261 g/mol. The van der Waals surface area contributed by atoms with E-state index in [4.69, 9.17) is 19.5 Å². The van der Waals surface area contributed by atoms with Crippen LogP contribution in [0.2, 0.25) is 0 Å². The zero-order chi connectivity index (χ0) is 11.3. The Morgan fingerprint density at radius 2 is 1.60 bits per heavy atom. The van der Waals surface area contributed by atoms with E-state index in [2.05, 4.69) is 4.97 Å². The Bertz CT molecular complexity index is 362. The molecule has 0 saturated carbocycles. The minimum absolute atomic E-state index is 0.229. The third-order valence-corrected chi connectivity index (χ3v) is 2.98. The van der Waals surface area contributed by atoms with E-state index in [1.54, 1.807) is 33.5 Å². The molecule has 0 atom stereocenters. The van der Waals surface area contributed by atoms with Gasteiger partial charge in [-0.25, -0.2) is 0 Å². The van der Waals surface area contributed by atoms with Crippen LogP contribution in [0.5, 0.6) is 17.2 Å². The van der Waals surface area contributed by atoms with Crippen LogP contribution >= 0.6 is 0 Å². The molecule has 0 fully saturated rings. The molecule has 0 unspecified atom stereocenters. The Hall–Kier alpha value is -1.37. The standard InChI is InChI=1S/C10H11NO3Se/c1-12-8-4-7(15-6-11)5-9(13-2)10(8)14-3/h4-5H,1-3H3. The summed E-state index contributed by atoms with van der Waals surface area (Å²) < 4.78 is 16.4. The van der Waals surface area contributed by atoms with Gasteiger partial charge < -0.3 is 0 Å². The molecule has 0 saturated heterocycles. The number of hydrogen-bond donors (Lipinski definition) is 0. The Morgan fingerprint density at radius 1 is 1.07 bits per heavy atom. The Labute approximate surface area is 94.9 Å². The molecule has 0 spiro atoms. The monoisotopic (exact) mass is 273 g/mol. The van der Waals surface area contributed by atoms with Crippen LogP contribution in [0, 0.1) is 10.2 Å². The summed E-state index contributed by atoms with van der Waals surface area (Å²) in [6, 6.07) is 3.59. The molecule has 0 aromatic heterocycles. The molecule has 4 nitrogen and oxygen atoms in total. The summed E-state index contributed by atoms with van der Waals surface area (Å²) in [5.41, 5.74) is 0. The van der Waals surface area contributed by atoms with Crippen molar-refractivity contribution in [3.8, 4) is 22.2 Å².